The first-order valence-corrected chi connectivity index (χ1v) is 8.91. The molecule has 2 aromatic carbocycles. The number of fused-ring (bicyclic) bond motifs is 1. The number of nitrogens with one attached hydrogen (secondary N) is 1. The predicted molar refractivity (Wildman–Crippen MR) is 97.6 cm³/mol. The largest absolute Gasteiger partial charge is 0.395 e. The summed E-state index contributed by atoms with van der Waals surface area (Å²) in [6.45, 7) is -0.0377. The van der Waals surface area contributed by atoms with Gasteiger partial charge in [-0.15, -0.1) is 0 Å². The molecule has 0 heterocycles. The molecule has 3 atom stereocenters. The standard InChI is InChI=1S/C19H21Cl2NO2/c20-13-8-16-15(17(21)9-13)6-7-18(16)22-14(11-23)10-19(24)12-4-2-1-3-5-12/h1-5,8-9,14,18-19,22-24H,6-7,10-11H2. The Bertz CT molecular complexity index is 693. The van der Waals surface area contributed by atoms with Gasteiger partial charge in [0.2, 0.25) is 0 Å². The van der Waals surface area contributed by atoms with Gasteiger partial charge in [-0.2, -0.15) is 0 Å². The van der Waals surface area contributed by atoms with Crippen LogP contribution in [0.4, 0.5) is 0 Å². The Kier molecular flexibility index (Phi) is 5.80. The maximum Gasteiger partial charge on any atom is 0.0805 e. The van der Waals surface area contributed by atoms with Crippen molar-refractivity contribution in [3.8, 4) is 0 Å². The molecule has 3 N–H and O–H groups in total. The molecule has 24 heavy (non-hydrogen) atoms. The van der Waals surface area contributed by atoms with Crippen molar-refractivity contribution in [2.24, 2.45) is 0 Å². The summed E-state index contributed by atoms with van der Waals surface area (Å²) in [4.78, 5) is 0. The molecule has 3 unspecified atom stereocenters. The SMILES string of the molecule is OCC(CC(O)c1ccccc1)NC1CCc2c(Cl)cc(Cl)cc21. The van der Waals surface area contributed by atoms with Gasteiger partial charge in [-0.1, -0.05) is 53.5 Å². The number of aliphatic hydroxyl groups excluding tert-OH is 2. The molecule has 0 saturated heterocycles. The minimum absolute atomic E-state index is 0.0377. The Labute approximate surface area is 152 Å². The molecule has 0 saturated carbocycles. The predicted octanol–water partition coefficient (Wildman–Crippen LogP) is 4.05. The monoisotopic (exact) mass is 365 g/mol. The van der Waals surface area contributed by atoms with Crippen LogP contribution in [0.2, 0.25) is 10.0 Å². The molecule has 1 aliphatic carbocycles. The van der Waals surface area contributed by atoms with Gasteiger partial charge in [0, 0.05) is 22.1 Å². The van der Waals surface area contributed by atoms with Crippen molar-refractivity contribution in [1.29, 1.82) is 0 Å². The van der Waals surface area contributed by atoms with Gasteiger partial charge in [-0.25, -0.2) is 0 Å². The second kappa shape index (κ2) is 7.85. The Morgan fingerprint density at radius 3 is 2.62 bits per heavy atom. The van der Waals surface area contributed by atoms with Crippen LogP contribution in [-0.4, -0.2) is 22.9 Å². The summed E-state index contributed by atoms with van der Waals surface area (Å²) in [6, 6.07) is 13.1. The van der Waals surface area contributed by atoms with E-state index in [1.54, 1.807) is 6.07 Å². The summed E-state index contributed by atoms with van der Waals surface area (Å²) < 4.78 is 0. The molecule has 0 spiro atoms. The zero-order chi connectivity index (χ0) is 17.1. The lowest BCUT2D eigenvalue weighted by Gasteiger charge is -2.24. The van der Waals surface area contributed by atoms with Crippen LogP contribution < -0.4 is 5.32 Å². The van der Waals surface area contributed by atoms with E-state index in [0.29, 0.717) is 16.5 Å². The van der Waals surface area contributed by atoms with Crippen LogP contribution in [0.15, 0.2) is 42.5 Å². The third-order valence-electron chi connectivity index (χ3n) is 4.60. The van der Waals surface area contributed by atoms with E-state index in [1.807, 2.05) is 36.4 Å². The molecule has 0 radical (unpaired) electrons. The second-order valence-electron chi connectivity index (χ2n) is 6.26. The maximum absolute atomic E-state index is 10.4. The number of halogens is 2. The zero-order valence-electron chi connectivity index (χ0n) is 13.3. The highest BCUT2D eigenvalue weighted by molar-refractivity contribution is 6.35. The quantitative estimate of drug-likeness (QED) is 0.723. The number of aliphatic hydroxyl groups is 2. The summed E-state index contributed by atoms with van der Waals surface area (Å²) in [7, 11) is 0. The molecule has 2 aromatic rings. The van der Waals surface area contributed by atoms with Crippen molar-refractivity contribution in [3.63, 3.8) is 0 Å². The summed E-state index contributed by atoms with van der Waals surface area (Å²) >= 11 is 12.4. The molecule has 0 aromatic heterocycles. The Morgan fingerprint density at radius 2 is 1.92 bits per heavy atom. The van der Waals surface area contributed by atoms with Gasteiger partial charge < -0.3 is 15.5 Å². The third kappa shape index (κ3) is 3.93. The minimum atomic E-state index is -0.611. The van der Waals surface area contributed by atoms with Crippen molar-refractivity contribution in [2.45, 2.75) is 37.5 Å². The average Bonchev–Trinajstić information content (AvgIpc) is 2.98. The van der Waals surface area contributed by atoms with Crippen molar-refractivity contribution >= 4 is 23.2 Å². The van der Waals surface area contributed by atoms with Gasteiger partial charge >= 0.3 is 0 Å². The van der Waals surface area contributed by atoms with E-state index in [-0.39, 0.29) is 18.7 Å². The lowest BCUT2D eigenvalue weighted by molar-refractivity contribution is 0.125. The molecule has 5 heteroatoms. The average molecular weight is 366 g/mol. The van der Waals surface area contributed by atoms with Gasteiger partial charge in [-0.3, -0.25) is 0 Å². The van der Waals surface area contributed by atoms with E-state index in [2.05, 4.69) is 5.32 Å². The summed E-state index contributed by atoms with van der Waals surface area (Å²) in [5, 5.41) is 24.9. The minimum Gasteiger partial charge on any atom is -0.395 e. The topological polar surface area (TPSA) is 52.5 Å². The lowest BCUT2D eigenvalue weighted by atomic mass is 10.0. The molecule has 1 aliphatic rings. The van der Waals surface area contributed by atoms with Gasteiger partial charge in [0.25, 0.3) is 0 Å². The van der Waals surface area contributed by atoms with Crippen LogP contribution in [0.3, 0.4) is 0 Å². The van der Waals surface area contributed by atoms with Gasteiger partial charge in [-0.05, 0) is 48.1 Å². The lowest BCUT2D eigenvalue weighted by Crippen LogP contribution is -2.36. The number of hydrogen-bond acceptors (Lipinski definition) is 3. The van der Waals surface area contributed by atoms with Crippen LogP contribution >= 0.6 is 23.2 Å². The van der Waals surface area contributed by atoms with E-state index >= 15 is 0 Å². The second-order valence-corrected chi connectivity index (χ2v) is 7.10. The molecule has 0 aliphatic heterocycles. The van der Waals surface area contributed by atoms with Gasteiger partial charge in [0.1, 0.15) is 0 Å². The van der Waals surface area contributed by atoms with Crippen molar-refractivity contribution in [2.75, 3.05) is 6.61 Å². The molecular weight excluding hydrogens is 345 g/mol. The van der Waals surface area contributed by atoms with E-state index in [4.69, 9.17) is 23.2 Å². The summed E-state index contributed by atoms with van der Waals surface area (Å²) in [6.07, 6.45) is 1.63. The van der Waals surface area contributed by atoms with Crippen LogP contribution in [0.25, 0.3) is 0 Å². The summed E-state index contributed by atoms with van der Waals surface area (Å²) in [5.74, 6) is 0. The van der Waals surface area contributed by atoms with Crippen LogP contribution in [-0.2, 0) is 6.42 Å². The number of hydrogen-bond donors (Lipinski definition) is 3. The first kappa shape index (κ1) is 17.7. The van der Waals surface area contributed by atoms with E-state index < -0.39 is 6.10 Å². The van der Waals surface area contributed by atoms with Crippen LogP contribution in [0.5, 0.6) is 0 Å². The fourth-order valence-electron chi connectivity index (χ4n) is 3.38. The highest BCUT2D eigenvalue weighted by atomic mass is 35.5. The van der Waals surface area contributed by atoms with E-state index in [1.165, 1.54) is 0 Å². The Hall–Kier alpha value is -1.10. The molecule has 3 nitrogen and oxygen atoms in total. The van der Waals surface area contributed by atoms with E-state index in [0.717, 1.165) is 29.5 Å². The zero-order valence-corrected chi connectivity index (χ0v) is 14.8. The van der Waals surface area contributed by atoms with Gasteiger partial charge in [0.15, 0.2) is 0 Å². The van der Waals surface area contributed by atoms with Crippen LogP contribution in [0.1, 0.15) is 41.7 Å². The number of benzene rings is 2. The maximum atomic E-state index is 10.4. The van der Waals surface area contributed by atoms with Crippen molar-refractivity contribution in [3.05, 3.63) is 69.2 Å². The highest BCUT2D eigenvalue weighted by Gasteiger charge is 2.27. The van der Waals surface area contributed by atoms with Crippen molar-refractivity contribution in [1.82, 2.24) is 5.32 Å². The fourth-order valence-corrected chi connectivity index (χ4v) is 3.98. The molecule has 0 bridgehead atoms. The fraction of sp³-hybridized carbons (Fsp3) is 0.368. The van der Waals surface area contributed by atoms with Gasteiger partial charge in [0.05, 0.1) is 12.7 Å². The first-order chi connectivity index (χ1) is 11.6. The first-order valence-electron chi connectivity index (χ1n) is 8.16. The molecular formula is C19H21Cl2NO2. The van der Waals surface area contributed by atoms with Crippen LogP contribution in [0, 0.1) is 0 Å². The smallest absolute Gasteiger partial charge is 0.0805 e. The normalized spacial score (nSPS) is 19.1. The molecule has 0 fully saturated rings. The van der Waals surface area contributed by atoms with Crippen molar-refractivity contribution < 1.29 is 10.2 Å². The number of rotatable bonds is 6. The molecule has 0 amide bonds. The summed E-state index contributed by atoms with van der Waals surface area (Å²) in [5.41, 5.74) is 3.08. The Morgan fingerprint density at radius 1 is 1.17 bits per heavy atom. The molecule has 128 valence electrons. The third-order valence-corrected chi connectivity index (χ3v) is 5.16. The molecule has 3 rings (SSSR count). The highest BCUT2D eigenvalue weighted by Crippen LogP contribution is 2.38. The Balaban J connectivity index is 1.69. The van der Waals surface area contributed by atoms with E-state index in [9.17, 15) is 10.2 Å².